The monoisotopic (exact) mass is 296 g/mol. The molecule has 2 atom stereocenters. The van der Waals surface area contributed by atoms with Crippen LogP contribution in [0.2, 0.25) is 0 Å². The molecule has 0 saturated carbocycles. The van der Waals surface area contributed by atoms with Crippen LogP contribution in [0.3, 0.4) is 0 Å². The molecular weight excluding hydrogens is 280 g/mol. The first-order chi connectivity index (χ1) is 8.16. The molecule has 1 N–H and O–H groups in total. The van der Waals surface area contributed by atoms with E-state index in [4.69, 9.17) is 4.74 Å². The van der Waals surface area contributed by atoms with E-state index in [1.165, 1.54) is 11.1 Å². The number of halogens is 1. The van der Waals surface area contributed by atoms with Crippen LogP contribution in [0.15, 0.2) is 10.5 Å². The lowest BCUT2D eigenvalue weighted by Crippen LogP contribution is -2.03. The van der Waals surface area contributed by atoms with Crippen LogP contribution in [-0.4, -0.2) is 11.7 Å². The van der Waals surface area contributed by atoms with Gasteiger partial charge in [-0.2, -0.15) is 0 Å². The van der Waals surface area contributed by atoms with Gasteiger partial charge < -0.3 is 9.84 Å². The van der Waals surface area contributed by atoms with Gasteiger partial charge in [-0.3, -0.25) is 0 Å². The van der Waals surface area contributed by atoms with Crippen LogP contribution in [0.4, 0.5) is 0 Å². The van der Waals surface area contributed by atoms with Gasteiger partial charge in [0.15, 0.2) is 0 Å². The highest BCUT2D eigenvalue weighted by atomic mass is 79.9. The third-order valence-corrected chi connectivity index (χ3v) is 4.57. The van der Waals surface area contributed by atoms with Gasteiger partial charge in [-0.15, -0.1) is 0 Å². The second-order valence-corrected chi connectivity index (χ2v) is 6.09. The molecule has 2 nitrogen and oxygen atoms in total. The van der Waals surface area contributed by atoms with E-state index in [0.29, 0.717) is 5.92 Å². The second kappa shape index (κ2) is 4.29. The van der Waals surface area contributed by atoms with Gasteiger partial charge in [0.25, 0.3) is 0 Å². The lowest BCUT2D eigenvalue weighted by atomic mass is 9.97. The summed E-state index contributed by atoms with van der Waals surface area (Å²) in [7, 11) is 0. The number of aliphatic hydroxyl groups is 1. The Bertz CT molecular complexity index is 456. The summed E-state index contributed by atoms with van der Waals surface area (Å²) < 4.78 is 6.81. The first-order valence-corrected chi connectivity index (χ1v) is 7.11. The van der Waals surface area contributed by atoms with Gasteiger partial charge in [-0.05, 0) is 36.8 Å². The van der Waals surface area contributed by atoms with Gasteiger partial charge >= 0.3 is 0 Å². The highest BCUT2D eigenvalue weighted by Gasteiger charge is 2.29. The van der Waals surface area contributed by atoms with Crippen molar-refractivity contribution in [3.05, 3.63) is 27.2 Å². The minimum absolute atomic E-state index is 0.355. The number of hydrogen-bond donors (Lipinski definition) is 1. The van der Waals surface area contributed by atoms with Crippen LogP contribution in [0.25, 0.3) is 0 Å². The summed E-state index contributed by atoms with van der Waals surface area (Å²) in [6.45, 7) is 2.99. The molecule has 1 aliphatic heterocycles. The second-order valence-electron chi connectivity index (χ2n) is 5.23. The smallest absolute Gasteiger partial charge is 0.126 e. The Balaban J connectivity index is 2.16. The Morgan fingerprint density at radius 2 is 2.24 bits per heavy atom. The van der Waals surface area contributed by atoms with E-state index in [-0.39, 0.29) is 6.10 Å². The topological polar surface area (TPSA) is 29.5 Å². The third-order valence-electron chi connectivity index (χ3n) is 3.91. The molecule has 0 aromatic heterocycles. The van der Waals surface area contributed by atoms with Gasteiger partial charge in [0.05, 0.1) is 12.7 Å². The zero-order chi connectivity index (χ0) is 12.0. The SMILES string of the molecule is CC1CCc2c3c(cc(Br)c2C(O)C1)CCO3. The fraction of sp³-hybridized carbons (Fsp3) is 0.571. The van der Waals surface area contributed by atoms with Crippen LogP contribution in [0, 0.1) is 5.92 Å². The number of fused-ring (bicyclic) bond motifs is 3. The fourth-order valence-corrected chi connectivity index (χ4v) is 3.78. The normalized spacial score (nSPS) is 27.0. The molecule has 3 heteroatoms. The molecule has 3 rings (SSSR count). The molecule has 92 valence electrons. The molecule has 1 heterocycles. The van der Waals surface area contributed by atoms with Gasteiger partial charge in [0, 0.05) is 22.0 Å². The molecule has 1 aromatic rings. The number of aliphatic hydroxyl groups excluding tert-OH is 1. The molecule has 2 unspecified atom stereocenters. The molecule has 1 aromatic carbocycles. The molecule has 0 bridgehead atoms. The minimum Gasteiger partial charge on any atom is -0.493 e. The van der Waals surface area contributed by atoms with E-state index in [9.17, 15) is 5.11 Å². The highest BCUT2D eigenvalue weighted by molar-refractivity contribution is 9.10. The van der Waals surface area contributed by atoms with Crippen molar-refractivity contribution in [3.63, 3.8) is 0 Å². The van der Waals surface area contributed by atoms with Crippen LogP contribution in [0.5, 0.6) is 5.75 Å². The molecule has 17 heavy (non-hydrogen) atoms. The van der Waals surface area contributed by atoms with E-state index in [0.717, 1.165) is 48.1 Å². The van der Waals surface area contributed by atoms with E-state index < -0.39 is 0 Å². The van der Waals surface area contributed by atoms with Crippen LogP contribution >= 0.6 is 15.9 Å². The maximum Gasteiger partial charge on any atom is 0.126 e. The van der Waals surface area contributed by atoms with E-state index in [1.54, 1.807) is 0 Å². The van der Waals surface area contributed by atoms with Crippen molar-refractivity contribution >= 4 is 15.9 Å². The van der Waals surface area contributed by atoms with Gasteiger partial charge in [-0.25, -0.2) is 0 Å². The Kier molecular flexibility index (Phi) is 2.91. The summed E-state index contributed by atoms with van der Waals surface area (Å²) in [4.78, 5) is 0. The number of rotatable bonds is 0. The zero-order valence-corrected chi connectivity index (χ0v) is 11.6. The molecule has 0 amide bonds. The summed E-state index contributed by atoms with van der Waals surface area (Å²) in [6.07, 6.45) is 3.65. The summed E-state index contributed by atoms with van der Waals surface area (Å²) in [5, 5.41) is 10.3. The molecule has 0 saturated heterocycles. The molecule has 0 spiro atoms. The Hall–Kier alpha value is -0.540. The lowest BCUT2D eigenvalue weighted by molar-refractivity contribution is 0.149. The van der Waals surface area contributed by atoms with Crippen molar-refractivity contribution in [2.45, 2.75) is 38.7 Å². The Morgan fingerprint density at radius 1 is 1.41 bits per heavy atom. The predicted octanol–water partition coefficient (Wildman–Crippen LogP) is 3.39. The quantitative estimate of drug-likeness (QED) is 0.744. The first kappa shape index (κ1) is 11.5. The van der Waals surface area contributed by atoms with E-state index in [1.807, 2.05) is 0 Å². The third kappa shape index (κ3) is 1.89. The van der Waals surface area contributed by atoms with Crippen molar-refractivity contribution < 1.29 is 9.84 Å². The number of hydrogen-bond acceptors (Lipinski definition) is 2. The summed E-state index contributed by atoms with van der Waals surface area (Å²) in [5.41, 5.74) is 3.59. The maximum atomic E-state index is 10.3. The van der Waals surface area contributed by atoms with Gasteiger partial charge in [0.2, 0.25) is 0 Å². The molecule has 2 aliphatic rings. The summed E-state index contributed by atoms with van der Waals surface area (Å²) in [5.74, 6) is 1.62. The number of benzene rings is 1. The highest BCUT2D eigenvalue weighted by Crippen LogP contribution is 2.44. The van der Waals surface area contributed by atoms with Gasteiger partial charge in [0.1, 0.15) is 5.75 Å². The number of ether oxygens (including phenoxy) is 1. The fourth-order valence-electron chi connectivity index (χ4n) is 3.00. The largest absolute Gasteiger partial charge is 0.493 e. The van der Waals surface area contributed by atoms with Crippen LogP contribution < -0.4 is 4.74 Å². The van der Waals surface area contributed by atoms with Crippen molar-refractivity contribution in [1.82, 2.24) is 0 Å². The lowest BCUT2D eigenvalue weighted by Gasteiger charge is -2.17. The van der Waals surface area contributed by atoms with Crippen molar-refractivity contribution in [2.75, 3.05) is 6.61 Å². The first-order valence-electron chi connectivity index (χ1n) is 6.32. The van der Waals surface area contributed by atoms with Crippen molar-refractivity contribution in [3.8, 4) is 5.75 Å². The zero-order valence-electron chi connectivity index (χ0n) is 10.0. The molecule has 1 aliphatic carbocycles. The predicted molar refractivity (Wildman–Crippen MR) is 70.4 cm³/mol. The summed E-state index contributed by atoms with van der Waals surface area (Å²) in [6, 6.07) is 2.13. The standard InChI is InChI=1S/C14H17BrO2/c1-8-2-3-10-13(12(16)6-8)11(15)7-9-4-5-17-14(9)10/h7-8,12,16H,2-6H2,1H3. The Morgan fingerprint density at radius 3 is 3.06 bits per heavy atom. The van der Waals surface area contributed by atoms with E-state index in [2.05, 4.69) is 28.9 Å². The minimum atomic E-state index is -0.355. The average molecular weight is 297 g/mol. The molecular formula is C14H17BrO2. The van der Waals surface area contributed by atoms with Crippen molar-refractivity contribution in [2.24, 2.45) is 5.92 Å². The summed E-state index contributed by atoms with van der Waals surface area (Å²) >= 11 is 3.62. The maximum absolute atomic E-state index is 10.3. The average Bonchev–Trinajstić information content (AvgIpc) is 2.66. The van der Waals surface area contributed by atoms with Gasteiger partial charge in [-0.1, -0.05) is 22.9 Å². The van der Waals surface area contributed by atoms with Crippen LogP contribution in [0.1, 0.15) is 42.6 Å². The van der Waals surface area contributed by atoms with Crippen molar-refractivity contribution in [1.29, 1.82) is 0 Å². The molecule has 0 fully saturated rings. The Labute approximate surface area is 110 Å². The van der Waals surface area contributed by atoms with Crippen LogP contribution in [-0.2, 0) is 12.8 Å². The van der Waals surface area contributed by atoms with E-state index >= 15 is 0 Å². The molecule has 0 radical (unpaired) electrons.